The van der Waals surface area contributed by atoms with Crippen LogP contribution in [0.1, 0.15) is 49.3 Å². The smallest absolute Gasteiger partial charge is 0.345 e. The third-order valence-electron chi connectivity index (χ3n) is 6.12. The third kappa shape index (κ3) is 5.50. The lowest BCUT2D eigenvalue weighted by molar-refractivity contribution is -0.664. The minimum absolute atomic E-state index is 0.176. The molecule has 4 aromatic rings. The highest BCUT2D eigenvalue weighted by atomic mass is 19.1. The van der Waals surface area contributed by atoms with Gasteiger partial charge in [0.2, 0.25) is 0 Å². The Kier molecular flexibility index (Phi) is 7.36. The van der Waals surface area contributed by atoms with E-state index in [0.29, 0.717) is 24.8 Å². The number of nitrogens with one attached hydrogen (secondary N) is 2. The van der Waals surface area contributed by atoms with E-state index >= 15 is 0 Å². The topological polar surface area (TPSA) is 48.8 Å². The summed E-state index contributed by atoms with van der Waals surface area (Å²) >= 11 is 0. The number of hydrogen-bond acceptors (Lipinski definition) is 1. The molecule has 1 aromatic heterocycles. The predicted octanol–water partition coefficient (Wildman–Crippen LogP) is 6.01. The van der Waals surface area contributed by atoms with E-state index < -0.39 is 0 Å². The fourth-order valence-corrected chi connectivity index (χ4v) is 4.12. The maximum atomic E-state index is 13.5. The van der Waals surface area contributed by atoms with E-state index in [9.17, 15) is 13.6 Å². The lowest BCUT2D eigenvalue weighted by Crippen LogP contribution is -2.44. The Hall–Kier alpha value is -3.54. The molecule has 1 atom stereocenters. The van der Waals surface area contributed by atoms with E-state index in [0.717, 1.165) is 47.0 Å². The molecule has 2 N–H and O–H groups in total. The molecular formula is C28H30F2N3O+. The van der Waals surface area contributed by atoms with Gasteiger partial charge in [-0.05, 0) is 71.5 Å². The van der Waals surface area contributed by atoms with E-state index in [1.807, 2.05) is 22.8 Å². The average molecular weight is 463 g/mol. The number of imidazole rings is 1. The molecule has 4 nitrogen and oxygen atoms in total. The van der Waals surface area contributed by atoms with Crippen LogP contribution in [0, 0.1) is 17.6 Å². The first kappa shape index (κ1) is 23.6. The van der Waals surface area contributed by atoms with Crippen LogP contribution in [0.4, 0.5) is 8.78 Å². The molecule has 0 aliphatic heterocycles. The second kappa shape index (κ2) is 10.6. The SMILES string of the molecule is CCCC[C@H](C)CNC(=O)c1[nH]c2ccc(-c3ccc(F)cc3)cc2[n+]1Cc1ccc(F)cc1. The van der Waals surface area contributed by atoms with Gasteiger partial charge in [-0.2, -0.15) is 0 Å². The van der Waals surface area contributed by atoms with E-state index in [-0.39, 0.29) is 17.5 Å². The van der Waals surface area contributed by atoms with Crippen molar-refractivity contribution < 1.29 is 18.1 Å². The first-order chi connectivity index (χ1) is 16.4. The lowest BCUT2D eigenvalue weighted by Gasteiger charge is -2.11. The molecule has 176 valence electrons. The van der Waals surface area contributed by atoms with Crippen molar-refractivity contribution >= 4 is 16.9 Å². The molecule has 1 amide bonds. The molecule has 0 bridgehead atoms. The van der Waals surface area contributed by atoms with Crippen molar-refractivity contribution in [3.8, 4) is 11.1 Å². The van der Waals surface area contributed by atoms with Crippen molar-refractivity contribution in [3.05, 3.63) is 89.8 Å². The predicted molar refractivity (Wildman–Crippen MR) is 130 cm³/mol. The molecule has 0 saturated heterocycles. The molecule has 0 unspecified atom stereocenters. The van der Waals surface area contributed by atoms with Crippen LogP contribution < -0.4 is 9.88 Å². The number of halogens is 2. The number of benzene rings is 3. The Morgan fingerprint density at radius 3 is 2.29 bits per heavy atom. The number of fused-ring (bicyclic) bond motifs is 1. The number of aromatic nitrogens is 2. The van der Waals surface area contributed by atoms with Gasteiger partial charge in [0.1, 0.15) is 18.2 Å². The van der Waals surface area contributed by atoms with E-state index in [1.54, 1.807) is 24.3 Å². The Labute approximate surface area is 198 Å². The fourth-order valence-electron chi connectivity index (χ4n) is 4.12. The Bertz CT molecular complexity index is 1260. The summed E-state index contributed by atoms with van der Waals surface area (Å²) in [5.41, 5.74) is 4.34. The van der Waals surface area contributed by atoms with Crippen LogP contribution in [0.15, 0.2) is 66.7 Å². The maximum Gasteiger partial charge on any atom is 0.346 e. The highest BCUT2D eigenvalue weighted by Crippen LogP contribution is 2.23. The summed E-state index contributed by atoms with van der Waals surface area (Å²) in [5, 5.41) is 3.06. The normalized spacial score (nSPS) is 12.1. The number of aromatic amines is 1. The highest BCUT2D eigenvalue weighted by molar-refractivity contribution is 5.92. The van der Waals surface area contributed by atoms with E-state index in [2.05, 4.69) is 24.1 Å². The van der Waals surface area contributed by atoms with Crippen LogP contribution in [0.25, 0.3) is 22.2 Å². The number of amides is 1. The van der Waals surface area contributed by atoms with Crippen LogP contribution in [0.5, 0.6) is 0 Å². The number of carbonyl (C=O) groups is 1. The molecular weight excluding hydrogens is 432 g/mol. The van der Waals surface area contributed by atoms with Gasteiger partial charge in [-0.25, -0.2) is 18.3 Å². The van der Waals surface area contributed by atoms with Crippen molar-refractivity contribution in [1.82, 2.24) is 10.3 Å². The molecule has 4 rings (SSSR count). The summed E-state index contributed by atoms with van der Waals surface area (Å²) in [6.07, 6.45) is 3.34. The van der Waals surface area contributed by atoms with Crippen molar-refractivity contribution in [2.45, 2.75) is 39.7 Å². The van der Waals surface area contributed by atoms with Crippen LogP contribution in [-0.2, 0) is 6.54 Å². The quantitative estimate of drug-likeness (QED) is 0.294. The number of carbonyl (C=O) groups excluding carboxylic acids is 1. The highest BCUT2D eigenvalue weighted by Gasteiger charge is 2.26. The summed E-state index contributed by atoms with van der Waals surface area (Å²) in [7, 11) is 0. The van der Waals surface area contributed by atoms with Gasteiger partial charge in [-0.1, -0.05) is 51.0 Å². The summed E-state index contributed by atoms with van der Waals surface area (Å²) in [6, 6.07) is 18.5. The van der Waals surface area contributed by atoms with Crippen molar-refractivity contribution in [2.75, 3.05) is 6.54 Å². The second-order valence-corrected chi connectivity index (χ2v) is 8.88. The molecule has 3 aromatic carbocycles. The van der Waals surface area contributed by atoms with Gasteiger partial charge < -0.3 is 5.32 Å². The molecule has 0 fully saturated rings. The van der Waals surface area contributed by atoms with Crippen LogP contribution in [-0.4, -0.2) is 17.4 Å². The van der Waals surface area contributed by atoms with E-state index in [4.69, 9.17) is 0 Å². The van der Waals surface area contributed by atoms with Crippen molar-refractivity contribution in [1.29, 1.82) is 0 Å². The third-order valence-corrected chi connectivity index (χ3v) is 6.12. The minimum atomic E-state index is -0.301. The van der Waals surface area contributed by atoms with Gasteiger partial charge in [0.25, 0.3) is 0 Å². The molecule has 0 radical (unpaired) electrons. The van der Waals surface area contributed by atoms with Crippen LogP contribution in [0.2, 0.25) is 0 Å². The van der Waals surface area contributed by atoms with Gasteiger partial charge in [-0.3, -0.25) is 4.79 Å². The van der Waals surface area contributed by atoms with Gasteiger partial charge in [0, 0.05) is 6.54 Å². The van der Waals surface area contributed by atoms with Crippen molar-refractivity contribution in [2.24, 2.45) is 5.92 Å². The minimum Gasteiger partial charge on any atom is -0.345 e. The zero-order valence-corrected chi connectivity index (χ0v) is 19.6. The molecule has 0 aliphatic rings. The number of unbranched alkanes of at least 4 members (excludes halogenated alkanes) is 1. The van der Waals surface area contributed by atoms with Gasteiger partial charge in [-0.15, -0.1) is 0 Å². The number of H-pyrrole nitrogens is 1. The monoisotopic (exact) mass is 462 g/mol. The lowest BCUT2D eigenvalue weighted by atomic mass is 10.0. The Morgan fingerprint density at radius 2 is 1.62 bits per heavy atom. The molecule has 0 spiro atoms. The van der Waals surface area contributed by atoms with Crippen LogP contribution in [0.3, 0.4) is 0 Å². The molecule has 0 aliphatic carbocycles. The van der Waals surface area contributed by atoms with Crippen LogP contribution >= 0.6 is 0 Å². The summed E-state index contributed by atoms with van der Waals surface area (Å²) in [4.78, 5) is 16.5. The maximum absolute atomic E-state index is 13.5. The van der Waals surface area contributed by atoms with Crippen molar-refractivity contribution in [3.63, 3.8) is 0 Å². The zero-order valence-electron chi connectivity index (χ0n) is 19.6. The molecule has 34 heavy (non-hydrogen) atoms. The summed E-state index contributed by atoms with van der Waals surface area (Å²) < 4.78 is 28.8. The van der Waals surface area contributed by atoms with Gasteiger partial charge in [0.15, 0.2) is 11.0 Å². The Balaban J connectivity index is 1.70. The summed E-state index contributed by atoms with van der Waals surface area (Å²) in [5.74, 6) is 0.0717. The summed E-state index contributed by atoms with van der Waals surface area (Å²) in [6.45, 7) is 5.31. The molecule has 6 heteroatoms. The number of rotatable bonds is 9. The average Bonchev–Trinajstić information content (AvgIpc) is 3.20. The van der Waals surface area contributed by atoms with E-state index in [1.165, 1.54) is 24.3 Å². The standard InChI is InChI=1S/C28H29F2N3O/c1-3-4-5-19(2)17-31-28(34)27-32-25-15-10-22(21-8-13-24(30)14-9-21)16-26(25)33(27)18-20-6-11-23(29)12-7-20/h6-16,19H,3-5,17-18H2,1-2H3,(H,31,34)/p+1/t19-/m0/s1. The number of hydrogen-bond donors (Lipinski definition) is 2. The largest absolute Gasteiger partial charge is 0.346 e. The van der Waals surface area contributed by atoms with Gasteiger partial charge in [0.05, 0.1) is 0 Å². The zero-order chi connectivity index (χ0) is 24.1. The first-order valence-corrected chi connectivity index (χ1v) is 11.8. The molecule has 1 heterocycles. The second-order valence-electron chi connectivity index (χ2n) is 8.88. The Morgan fingerprint density at radius 1 is 0.971 bits per heavy atom. The van der Waals surface area contributed by atoms with Gasteiger partial charge >= 0.3 is 11.7 Å². The molecule has 0 saturated carbocycles. The number of nitrogens with zero attached hydrogens (tertiary/aromatic N) is 1. The first-order valence-electron chi connectivity index (χ1n) is 11.8. The fraction of sp³-hybridized carbons (Fsp3) is 0.286.